The molecule has 128 valence electrons. The molecule has 0 saturated carbocycles. The number of carboxylic acids is 1. The van der Waals surface area contributed by atoms with Gasteiger partial charge in [0.25, 0.3) is 0 Å². The van der Waals surface area contributed by atoms with Gasteiger partial charge in [-0.25, -0.2) is 19.7 Å². The molecule has 0 spiro atoms. The number of hydrogen-bond acceptors (Lipinski definition) is 7. The number of carbonyl (C=O) groups is 1. The van der Waals surface area contributed by atoms with Gasteiger partial charge in [0, 0.05) is 0 Å². The van der Waals surface area contributed by atoms with E-state index in [0.717, 1.165) is 5.69 Å². The van der Waals surface area contributed by atoms with Gasteiger partial charge in [0.05, 0.1) is 12.0 Å². The van der Waals surface area contributed by atoms with E-state index in [4.69, 9.17) is 14.2 Å². The van der Waals surface area contributed by atoms with E-state index in [2.05, 4.69) is 15.0 Å². The first-order valence-corrected chi connectivity index (χ1v) is 7.68. The zero-order valence-corrected chi connectivity index (χ0v) is 13.8. The summed E-state index contributed by atoms with van der Waals surface area (Å²) in [6.45, 7) is 7.15. The summed E-state index contributed by atoms with van der Waals surface area (Å²) in [5, 5.41) is 9.44. The Bertz CT molecular complexity index is 833. The smallest absolute Gasteiger partial charge is 0.335 e. The van der Waals surface area contributed by atoms with E-state index in [1.807, 2.05) is 6.92 Å². The third-order valence-electron chi connectivity index (χ3n) is 4.25. The molecule has 4 rings (SSSR count). The molecule has 9 heteroatoms. The second-order valence-corrected chi connectivity index (χ2v) is 6.53. The van der Waals surface area contributed by atoms with Crippen molar-refractivity contribution in [1.82, 2.24) is 19.5 Å². The number of aromatic nitrogens is 4. The number of aryl methyl sites for hydroxylation is 2. The Morgan fingerprint density at radius 3 is 2.67 bits per heavy atom. The highest BCUT2D eigenvalue weighted by Crippen LogP contribution is 2.43. The lowest BCUT2D eigenvalue weighted by Gasteiger charge is -2.23. The molecule has 2 aliphatic heterocycles. The van der Waals surface area contributed by atoms with Gasteiger partial charge in [0.2, 0.25) is 0 Å². The van der Waals surface area contributed by atoms with Crippen LogP contribution in [0.15, 0.2) is 6.33 Å². The lowest BCUT2D eigenvalue weighted by Crippen LogP contribution is -2.35. The number of hydrogen-bond donors (Lipinski definition) is 1. The number of aliphatic carboxylic acids is 1. The van der Waals surface area contributed by atoms with Gasteiger partial charge in [-0.15, -0.1) is 0 Å². The van der Waals surface area contributed by atoms with Crippen molar-refractivity contribution < 1.29 is 24.1 Å². The van der Waals surface area contributed by atoms with E-state index < -0.39 is 36.3 Å². The fourth-order valence-corrected chi connectivity index (χ4v) is 3.38. The lowest BCUT2D eigenvalue weighted by molar-refractivity contribution is -0.202. The summed E-state index contributed by atoms with van der Waals surface area (Å²) in [6.07, 6.45) is -1.47. The van der Waals surface area contributed by atoms with Crippen molar-refractivity contribution in [2.24, 2.45) is 0 Å². The van der Waals surface area contributed by atoms with Crippen LogP contribution in [0.2, 0.25) is 0 Å². The highest BCUT2D eigenvalue weighted by atomic mass is 16.8. The summed E-state index contributed by atoms with van der Waals surface area (Å²) in [5.74, 6) is -1.35. The van der Waals surface area contributed by atoms with Crippen LogP contribution >= 0.6 is 0 Å². The van der Waals surface area contributed by atoms with Gasteiger partial charge in [-0.1, -0.05) is 0 Å². The standard InChI is InChI=1S/C15H18N4O5/c1-6-8-12(18-7(2)17-6)19(5-16-8)13-10-9(11(22-13)14(20)21)23-15(3,4)24-10/h5,9-11,13H,1-4H3,(H,20,21)/t9-,10+,11-,13+/m0/s1. The van der Waals surface area contributed by atoms with E-state index in [1.165, 1.54) is 0 Å². The molecule has 4 atom stereocenters. The minimum Gasteiger partial charge on any atom is -0.479 e. The van der Waals surface area contributed by atoms with Gasteiger partial charge in [-0.3, -0.25) is 4.57 Å². The Morgan fingerprint density at radius 2 is 1.96 bits per heavy atom. The molecule has 2 aromatic rings. The molecule has 2 saturated heterocycles. The van der Waals surface area contributed by atoms with Crippen LogP contribution in [-0.2, 0) is 19.0 Å². The zero-order valence-electron chi connectivity index (χ0n) is 13.8. The summed E-state index contributed by atoms with van der Waals surface area (Å²) in [7, 11) is 0. The number of nitrogens with zero attached hydrogens (tertiary/aromatic N) is 4. The molecule has 2 aliphatic rings. The number of carboxylic acid groups (broad SMARTS) is 1. The number of imidazole rings is 1. The van der Waals surface area contributed by atoms with Gasteiger partial charge in [-0.05, 0) is 27.7 Å². The van der Waals surface area contributed by atoms with E-state index >= 15 is 0 Å². The normalized spacial score (nSPS) is 31.5. The summed E-state index contributed by atoms with van der Waals surface area (Å²) in [5.41, 5.74) is 1.99. The first-order chi connectivity index (χ1) is 11.3. The molecule has 2 aromatic heterocycles. The second-order valence-electron chi connectivity index (χ2n) is 6.53. The Balaban J connectivity index is 1.80. The maximum Gasteiger partial charge on any atom is 0.335 e. The van der Waals surface area contributed by atoms with Crippen LogP contribution in [-0.4, -0.2) is 54.7 Å². The first-order valence-electron chi connectivity index (χ1n) is 7.68. The van der Waals surface area contributed by atoms with Crippen LogP contribution in [0.5, 0.6) is 0 Å². The Morgan fingerprint density at radius 1 is 1.25 bits per heavy atom. The quantitative estimate of drug-likeness (QED) is 0.864. The number of fused-ring (bicyclic) bond motifs is 2. The van der Waals surface area contributed by atoms with Gasteiger partial charge >= 0.3 is 5.97 Å². The van der Waals surface area contributed by atoms with Crippen molar-refractivity contribution >= 4 is 17.1 Å². The van der Waals surface area contributed by atoms with Crippen LogP contribution in [0, 0.1) is 13.8 Å². The number of ether oxygens (including phenoxy) is 3. The Labute approximate surface area is 137 Å². The van der Waals surface area contributed by atoms with Crippen LogP contribution in [0.4, 0.5) is 0 Å². The van der Waals surface area contributed by atoms with E-state index in [9.17, 15) is 9.90 Å². The summed E-state index contributed by atoms with van der Waals surface area (Å²) < 4.78 is 19.1. The predicted octanol–water partition coefficient (Wildman–Crippen LogP) is 0.945. The molecule has 0 bridgehead atoms. The Kier molecular flexibility index (Phi) is 3.18. The van der Waals surface area contributed by atoms with Gasteiger partial charge in [0.15, 0.2) is 23.8 Å². The van der Waals surface area contributed by atoms with E-state index in [-0.39, 0.29) is 0 Å². The Hall–Kier alpha value is -2.10. The van der Waals surface area contributed by atoms with Gasteiger partial charge < -0.3 is 19.3 Å². The van der Waals surface area contributed by atoms with Crippen molar-refractivity contribution in [3.05, 3.63) is 17.8 Å². The van der Waals surface area contributed by atoms with Crippen LogP contribution in [0.3, 0.4) is 0 Å². The molecule has 24 heavy (non-hydrogen) atoms. The lowest BCUT2D eigenvalue weighted by atomic mass is 10.1. The van der Waals surface area contributed by atoms with Crippen molar-refractivity contribution in [1.29, 1.82) is 0 Å². The van der Waals surface area contributed by atoms with Crippen molar-refractivity contribution in [3.8, 4) is 0 Å². The topological polar surface area (TPSA) is 109 Å². The second kappa shape index (κ2) is 4.95. The average molecular weight is 334 g/mol. The van der Waals surface area contributed by atoms with Crippen LogP contribution in [0.25, 0.3) is 11.2 Å². The fourth-order valence-electron chi connectivity index (χ4n) is 3.38. The van der Waals surface area contributed by atoms with Crippen molar-refractivity contribution in [2.75, 3.05) is 0 Å². The molecular formula is C15H18N4O5. The highest BCUT2D eigenvalue weighted by molar-refractivity contribution is 5.75. The van der Waals surface area contributed by atoms with Crippen molar-refractivity contribution in [2.45, 2.75) is 58.0 Å². The minimum atomic E-state index is -1.11. The largest absolute Gasteiger partial charge is 0.479 e. The minimum absolute atomic E-state index is 0.561. The molecule has 1 N–H and O–H groups in total. The fraction of sp³-hybridized carbons (Fsp3) is 0.600. The molecule has 0 aliphatic carbocycles. The van der Waals surface area contributed by atoms with Crippen LogP contribution in [0.1, 0.15) is 31.6 Å². The number of rotatable bonds is 2. The van der Waals surface area contributed by atoms with Gasteiger partial charge in [0.1, 0.15) is 23.5 Å². The third-order valence-corrected chi connectivity index (χ3v) is 4.25. The maximum absolute atomic E-state index is 11.5. The summed E-state index contributed by atoms with van der Waals surface area (Å²) in [4.78, 5) is 24.6. The molecule has 0 unspecified atom stereocenters. The van der Waals surface area contributed by atoms with E-state index in [1.54, 1.807) is 31.7 Å². The summed E-state index contributed by atoms with van der Waals surface area (Å²) >= 11 is 0. The monoisotopic (exact) mass is 334 g/mol. The predicted molar refractivity (Wildman–Crippen MR) is 80.2 cm³/mol. The third kappa shape index (κ3) is 2.20. The molecule has 2 fully saturated rings. The average Bonchev–Trinajstić information content (AvgIpc) is 3.09. The zero-order chi connectivity index (χ0) is 17.2. The van der Waals surface area contributed by atoms with Gasteiger partial charge in [-0.2, -0.15) is 0 Å². The molecule has 4 heterocycles. The van der Waals surface area contributed by atoms with E-state index in [0.29, 0.717) is 17.0 Å². The molecule has 0 amide bonds. The highest BCUT2D eigenvalue weighted by Gasteiger charge is 2.58. The molecular weight excluding hydrogens is 316 g/mol. The van der Waals surface area contributed by atoms with Crippen LogP contribution < -0.4 is 0 Å². The maximum atomic E-state index is 11.5. The molecule has 9 nitrogen and oxygen atoms in total. The molecule has 0 radical (unpaired) electrons. The summed E-state index contributed by atoms with van der Waals surface area (Å²) in [6, 6.07) is 0. The molecule has 0 aromatic carbocycles. The first kappa shape index (κ1) is 15.4. The SMILES string of the molecule is Cc1nc(C)c2ncn([C@@H]3O[C@H](C(=O)O)[C@H]4OC(C)(C)O[C@H]43)c2n1. The van der Waals surface area contributed by atoms with Crippen molar-refractivity contribution in [3.63, 3.8) is 0 Å².